The van der Waals surface area contributed by atoms with Gasteiger partial charge in [-0.1, -0.05) is 0 Å². The summed E-state index contributed by atoms with van der Waals surface area (Å²) in [5, 5.41) is 0. The first-order chi connectivity index (χ1) is 5.65. The van der Waals surface area contributed by atoms with Crippen molar-refractivity contribution < 1.29 is 4.74 Å². The van der Waals surface area contributed by atoms with Crippen molar-refractivity contribution in [1.29, 1.82) is 0 Å². The van der Waals surface area contributed by atoms with E-state index in [2.05, 4.69) is 9.97 Å². The van der Waals surface area contributed by atoms with Crippen molar-refractivity contribution in [2.75, 3.05) is 31.8 Å². The lowest BCUT2D eigenvalue weighted by Gasteiger charge is -2.10. The van der Waals surface area contributed by atoms with E-state index in [1.54, 1.807) is 11.1 Å². The molecular formula is C7H12N4O. The van der Waals surface area contributed by atoms with Crippen LogP contribution in [0, 0.1) is 0 Å². The number of hydrogen-bond donors (Lipinski definition) is 1. The van der Waals surface area contributed by atoms with E-state index in [9.17, 15) is 0 Å². The molecule has 2 N–H and O–H groups in total. The van der Waals surface area contributed by atoms with Crippen molar-refractivity contribution in [3.8, 4) is 5.75 Å². The number of anilines is 2. The Morgan fingerprint density at radius 1 is 1.50 bits per heavy atom. The Hall–Kier alpha value is -1.52. The van der Waals surface area contributed by atoms with Crippen molar-refractivity contribution in [2.24, 2.45) is 0 Å². The monoisotopic (exact) mass is 168 g/mol. The molecule has 12 heavy (non-hydrogen) atoms. The van der Waals surface area contributed by atoms with Crippen LogP contribution in [0.5, 0.6) is 5.75 Å². The zero-order valence-electron chi connectivity index (χ0n) is 7.40. The van der Waals surface area contributed by atoms with Crippen molar-refractivity contribution in [1.82, 2.24) is 9.97 Å². The Bertz CT molecular complexity index is 274. The van der Waals surface area contributed by atoms with Gasteiger partial charge >= 0.3 is 0 Å². The highest BCUT2D eigenvalue weighted by atomic mass is 16.5. The number of nitrogens with two attached hydrogens (primary N) is 1. The molecule has 0 aliphatic carbocycles. The smallest absolute Gasteiger partial charge is 0.226 e. The number of rotatable bonds is 2. The van der Waals surface area contributed by atoms with Crippen LogP contribution in [0.3, 0.4) is 0 Å². The predicted octanol–water partition coefficient (Wildman–Crippen LogP) is 0.133. The van der Waals surface area contributed by atoms with Crippen molar-refractivity contribution >= 4 is 11.8 Å². The van der Waals surface area contributed by atoms with E-state index in [4.69, 9.17) is 10.5 Å². The minimum absolute atomic E-state index is 0.358. The third-order valence-corrected chi connectivity index (χ3v) is 1.39. The van der Waals surface area contributed by atoms with Crippen molar-refractivity contribution in [3.63, 3.8) is 0 Å². The van der Waals surface area contributed by atoms with Gasteiger partial charge in [0.15, 0.2) is 11.6 Å². The van der Waals surface area contributed by atoms with Gasteiger partial charge in [-0.15, -0.1) is 0 Å². The fourth-order valence-electron chi connectivity index (χ4n) is 0.747. The molecule has 0 spiro atoms. The van der Waals surface area contributed by atoms with E-state index in [0.29, 0.717) is 17.5 Å². The Morgan fingerprint density at radius 3 is 2.58 bits per heavy atom. The lowest BCUT2D eigenvalue weighted by Crippen LogP contribution is -2.13. The molecule has 0 bridgehead atoms. The third-order valence-electron chi connectivity index (χ3n) is 1.39. The van der Waals surface area contributed by atoms with Crippen LogP contribution in [0.25, 0.3) is 0 Å². The van der Waals surface area contributed by atoms with Crippen LogP contribution in [-0.2, 0) is 0 Å². The van der Waals surface area contributed by atoms with Crippen molar-refractivity contribution in [2.45, 2.75) is 0 Å². The average molecular weight is 168 g/mol. The maximum Gasteiger partial charge on any atom is 0.226 e. The molecule has 1 aromatic rings. The van der Waals surface area contributed by atoms with Gasteiger partial charge in [0.05, 0.1) is 13.3 Å². The average Bonchev–Trinajstić information content (AvgIpc) is 2.04. The topological polar surface area (TPSA) is 64.3 Å². The number of methoxy groups -OCH3 is 1. The fraction of sp³-hybridized carbons (Fsp3) is 0.429. The predicted molar refractivity (Wildman–Crippen MR) is 47.3 cm³/mol. The summed E-state index contributed by atoms with van der Waals surface area (Å²) in [4.78, 5) is 9.80. The first-order valence-electron chi connectivity index (χ1n) is 3.49. The minimum atomic E-state index is 0.358. The highest BCUT2D eigenvalue weighted by molar-refractivity contribution is 5.48. The zero-order chi connectivity index (χ0) is 9.14. The van der Waals surface area contributed by atoms with Gasteiger partial charge in [-0.25, -0.2) is 4.98 Å². The van der Waals surface area contributed by atoms with E-state index < -0.39 is 0 Å². The summed E-state index contributed by atoms with van der Waals surface area (Å²) in [7, 11) is 5.23. The first-order valence-corrected chi connectivity index (χ1v) is 3.49. The molecule has 1 aromatic heterocycles. The molecule has 0 fully saturated rings. The SMILES string of the molecule is COc1cnc(N(C)C)nc1N. The van der Waals surface area contributed by atoms with Crippen LogP contribution in [-0.4, -0.2) is 31.2 Å². The standard InChI is InChI=1S/C7H12N4O/c1-11(2)7-9-4-5(12-3)6(8)10-7/h4H,1-3H3,(H2,8,9,10). The van der Waals surface area contributed by atoms with Gasteiger partial charge in [0.2, 0.25) is 5.95 Å². The summed E-state index contributed by atoms with van der Waals surface area (Å²) in [5.41, 5.74) is 5.57. The van der Waals surface area contributed by atoms with Gasteiger partial charge in [-0.05, 0) is 0 Å². The van der Waals surface area contributed by atoms with Gasteiger partial charge in [-0.2, -0.15) is 4.98 Å². The molecule has 0 radical (unpaired) electrons. The first kappa shape index (κ1) is 8.58. The number of aromatic nitrogens is 2. The normalized spacial score (nSPS) is 9.58. The number of nitrogen functional groups attached to an aromatic ring is 1. The molecule has 5 heteroatoms. The molecular weight excluding hydrogens is 156 g/mol. The molecule has 0 saturated carbocycles. The summed E-state index contributed by atoms with van der Waals surface area (Å²) in [6.07, 6.45) is 1.55. The summed E-state index contributed by atoms with van der Waals surface area (Å²) < 4.78 is 4.91. The quantitative estimate of drug-likeness (QED) is 0.680. The molecule has 0 aromatic carbocycles. The molecule has 0 aliphatic rings. The molecule has 0 saturated heterocycles. The van der Waals surface area contributed by atoms with E-state index in [1.165, 1.54) is 7.11 Å². The second kappa shape index (κ2) is 3.25. The highest BCUT2D eigenvalue weighted by Gasteiger charge is 2.04. The van der Waals surface area contributed by atoms with Crippen LogP contribution in [0.2, 0.25) is 0 Å². The molecule has 0 unspecified atom stereocenters. The minimum Gasteiger partial charge on any atom is -0.491 e. The van der Waals surface area contributed by atoms with Gasteiger partial charge in [0.1, 0.15) is 0 Å². The Kier molecular flexibility index (Phi) is 2.32. The molecule has 0 aliphatic heterocycles. The summed E-state index contributed by atoms with van der Waals surface area (Å²) >= 11 is 0. The Balaban J connectivity index is 3.02. The van der Waals surface area contributed by atoms with Gasteiger partial charge < -0.3 is 15.4 Å². The molecule has 66 valence electrons. The molecule has 1 heterocycles. The number of hydrogen-bond acceptors (Lipinski definition) is 5. The summed E-state index contributed by atoms with van der Waals surface area (Å²) in [6, 6.07) is 0. The Morgan fingerprint density at radius 2 is 2.17 bits per heavy atom. The fourth-order valence-corrected chi connectivity index (χ4v) is 0.747. The summed E-state index contributed by atoms with van der Waals surface area (Å²) in [5.74, 6) is 1.44. The largest absolute Gasteiger partial charge is 0.491 e. The maximum atomic E-state index is 5.57. The molecule has 0 amide bonds. The molecule has 5 nitrogen and oxygen atoms in total. The second-order valence-corrected chi connectivity index (χ2v) is 2.52. The van der Waals surface area contributed by atoms with Crippen LogP contribution < -0.4 is 15.4 Å². The second-order valence-electron chi connectivity index (χ2n) is 2.52. The highest BCUT2D eigenvalue weighted by Crippen LogP contribution is 2.18. The number of ether oxygens (including phenoxy) is 1. The van der Waals surface area contributed by atoms with Crippen LogP contribution in [0.4, 0.5) is 11.8 Å². The lowest BCUT2D eigenvalue weighted by molar-refractivity contribution is 0.413. The van der Waals surface area contributed by atoms with Gasteiger partial charge in [0.25, 0.3) is 0 Å². The van der Waals surface area contributed by atoms with Crippen LogP contribution in [0.15, 0.2) is 6.20 Å². The lowest BCUT2D eigenvalue weighted by atomic mass is 10.5. The zero-order valence-corrected chi connectivity index (χ0v) is 7.40. The third kappa shape index (κ3) is 1.55. The Labute approximate surface area is 71.2 Å². The van der Waals surface area contributed by atoms with E-state index in [-0.39, 0.29) is 0 Å². The van der Waals surface area contributed by atoms with E-state index in [1.807, 2.05) is 14.1 Å². The summed E-state index contributed by atoms with van der Waals surface area (Å²) in [6.45, 7) is 0. The number of nitrogens with zero attached hydrogens (tertiary/aromatic N) is 3. The van der Waals surface area contributed by atoms with Crippen molar-refractivity contribution in [3.05, 3.63) is 6.20 Å². The van der Waals surface area contributed by atoms with Crippen LogP contribution in [0.1, 0.15) is 0 Å². The van der Waals surface area contributed by atoms with Gasteiger partial charge in [0, 0.05) is 14.1 Å². The maximum absolute atomic E-state index is 5.57. The molecule has 0 atom stereocenters. The van der Waals surface area contributed by atoms with Gasteiger partial charge in [-0.3, -0.25) is 0 Å². The van der Waals surface area contributed by atoms with E-state index >= 15 is 0 Å². The van der Waals surface area contributed by atoms with E-state index in [0.717, 1.165) is 0 Å². The van der Waals surface area contributed by atoms with Crippen LogP contribution >= 0.6 is 0 Å². The molecule has 1 rings (SSSR count).